The zero-order valence-electron chi connectivity index (χ0n) is 23.3. The molecule has 0 unspecified atom stereocenters. The maximum atomic E-state index is 13.3. The molecule has 1 fully saturated rings. The summed E-state index contributed by atoms with van der Waals surface area (Å²) in [7, 11) is 0. The van der Waals surface area contributed by atoms with E-state index in [0.29, 0.717) is 11.7 Å². The van der Waals surface area contributed by atoms with E-state index in [2.05, 4.69) is 38.2 Å². The lowest BCUT2D eigenvalue weighted by Gasteiger charge is -2.19. The molecular formula is C33H36N2O4S. The van der Waals surface area contributed by atoms with Crippen molar-refractivity contribution >= 4 is 34.0 Å². The van der Waals surface area contributed by atoms with Crippen LogP contribution in [0.5, 0.6) is 11.5 Å². The van der Waals surface area contributed by atoms with Crippen LogP contribution < -0.4 is 10.1 Å². The summed E-state index contributed by atoms with van der Waals surface area (Å²) >= 11 is 1.50. The highest BCUT2D eigenvalue weighted by Gasteiger charge is 2.24. The second kappa shape index (κ2) is 11.8. The number of carboxylic acid groups (broad SMARTS) is 1. The maximum absolute atomic E-state index is 13.3. The Morgan fingerprint density at radius 3 is 2.42 bits per heavy atom. The Labute approximate surface area is 239 Å². The fraction of sp³-hybridized carbons (Fsp3) is 0.364. The number of aliphatic carboxylic acids is 1. The van der Waals surface area contributed by atoms with Crippen LogP contribution in [-0.2, 0) is 23.1 Å². The molecule has 0 radical (unpaired) electrons. The van der Waals surface area contributed by atoms with Gasteiger partial charge >= 0.3 is 5.97 Å². The zero-order chi connectivity index (χ0) is 28.3. The van der Waals surface area contributed by atoms with E-state index >= 15 is 0 Å². The van der Waals surface area contributed by atoms with Gasteiger partial charge in [0.05, 0.1) is 0 Å². The van der Waals surface area contributed by atoms with E-state index in [9.17, 15) is 14.7 Å². The number of fused-ring (bicyclic) bond motifs is 1. The minimum absolute atomic E-state index is 0.0701. The molecule has 1 atom stereocenters. The molecule has 1 saturated carbocycles. The lowest BCUT2D eigenvalue weighted by Crippen LogP contribution is -2.42. The maximum Gasteiger partial charge on any atom is 0.326 e. The smallest absolute Gasteiger partial charge is 0.326 e. The van der Waals surface area contributed by atoms with Gasteiger partial charge in [0, 0.05) is 17.5 Å². The number of pyridine rings is 1. The fourth-order valence-electron chi connectivity index (χ4n) is 5.36. The Balaban J connectivity index is 1.43. The van der Waals surface area contributed by atoms with Crippen molar-refractivity contribution in [1.82, 2.24) is 10.3 Å². The summed E-state index contributed by atoms with van der Waals surface area (Å²) in [4.78, 5) is 30.0. The second-order valence-corrected chi connectivity index (χ2v) is 12.5. The Morgan fingerprint density at radius 1 is 1.05 bits per heavy atom. The van der Waals surface area contributed by atoms with Crippen LogP contribution in [-0.4, -0.2) is 28.0 Å². The van der Waals surface area contributed by atoms with Crippen LogP contribution in [0.2, 0.25) is 0 Å². The van der Waals surface area contributed by atoms with Crippen molar-refractivity contribution in [3.05, 3.63) is 87.9 Å². The topological polar surface area (TPSA) is 88.5 Å². The number of carbonyl (C=O) groups is 2. The number of hydrogen-bond acceptors (Lipinski definition) is 5. The number of hydrogen-bond donors (Lipinski definition) is 2. The standard InChI is InChI=1S/C33H36N2O4S/c1-33(2,3)24-9-12-25(13-10-24)39-26-11-8-23-18-29(34-28(27(23)19-26)16-21-6-4-5-7-21)31(36)35-30(32(37)38)17-22-14-15-40-20-22/h8-15,18-21,30H,4-7,16-17H2,1-3H3,(H,35,36)(H,37,38)/t30-/m0/s1. The molecule has 5 rings (SSSR count). The number of nitrogens with zero attached hydrogens (tertiary/aromatic N) is 1. The Hall–Kier alpha value is -3.71. The molecule has 1 aliphatic rings. The third-order valence-corrected chi connectivity index (χ3v) is 8.38. The summed E-state index contributed by atoms with van der Waals surface area (Å²) in [5.74, 6) is 0.456. The lowest BCUT2D eigenvalue weighted by molar-refractivity contribution is -0.139. The van der Waals surface area contributed by atoms with Gasteiger partial charge in [-0.1, -0.05) is 64.7 Å². The summed E-state index contributed by atoms with van der Waals surface area (Å²) in [6.45, 7) is 6.56. The normalized spacial score (nSPS) is 14.8. The van der Waals surface area contributed by atoms with Crippen molar-refractivity contribution in [3.8, 4) is 11.5 Å². The SMILES string of the molecule is CC(C)(C)c1ccc(Oc2ccc3cc(C(=O)N[C@@H](Cc4ccsc4)C(=O)O)nc(CC4CCCC4)c3c2)cc1. The van der Waals surface area contributed by atoms with Gasteiger partial charge < -0.3 is 15.2 Å². The average Bonchev–Trinajstić information content (AvgIpc) is 3.63. The Bertz CT molecular complexity index is 1480. The van der Waals surface area contributed by atoms with Gasteiger partial charge in [0.15, 0.2) is 0 Å². The highest BCUT2D eigenvalue weighted by Crippen LogP contribution is 2.33. The summed E-state index contributed by atoms with van der Waals surface area (Å²) in [5, 5.41) is 18.1. The summed E-state index contributed by atoms with van der Waals surface area (Å²) in [5.41, 5.74) is 3.29. The lowest BCUT2D eigenvalue weighted by atomic mass is 9.87. The van der Waals surface area contributed by atoms with Gasteiger partial charge in [-0.15, -0.1) is 0 Å². The van der Waals surface area contributed by atoms with E-state index in [0.717, 1.165) is 47.0 Å². The monoisotopic (exact) mass is 556 g/mol. The number of aromatic nitrogens is 1. The average molecular weight is 557 g/mol. The van der Waals surface area contributed by atoms with Gasteiger partial charge in [0.1, 0.15) is 23.2 Å². The van der Waals surface area contributed by atoms with Crippen LogP contribution in [0.3, 0.4) is 0 Å². The molecule has 208 valence electrons. The van der Waals surface area contributed by atoms with Crippen molar-refractivity contribution in [2.45, 2.75) is 70.8 Å². The highest BCUT2D eigenvalue weighted by molar-refractivity contribution is 7.07. The molecule has 4 aromatic rings. The van der Waals surface area contributed by atoms with E-state index < -0.39 is 17.9 Å². The predicted molar refractivity (Wildman–Crippen MR) is 160 cm³/mol. The first-order valence-corrected chi connectivity index (χ1v) is 14.9. The number of amides is 1. The van der Waals surface area contributed by atoms with Crippen molar-refractivity contribution in [2.24, 2.45) is 5.92 Å². The number of thiophene rings is 1. The first-order chi connectivity index (χ1) is 19.2. The molecule has 6 nitrogen and oxygen atoms in total. The minimum atomic E-state index is -1.07. The summed E-state index contributed by atoms with van der Waals surface area (Å²) in [6, 6.07) is 16.6. The Morgan fingerprint density at radius 2 is 1.77 bits per heavy atom. The second-order valence-electron chi connectivity index (χ2n) is 11.8. The first kappa shape index (κ1) is 27.8. The third-order valence-electron chi connectivity index (χ3n) is 7.65. The molecule has 2 aromatic carbocycles. The van der Waals surface area contributed by atoms with Crippen molar-refractivity contribution < 1.29 is 19.4 Å². The number of benzene rings is 2. The molecule has 2 heterocycles. The summed E-state index contributed by atoms with van der Waals surface area (Å²) in [6.07, 6.45) is 5.73. The first-order valence-electron chi connectivity index (χ1n) is 13.9. The molecular weight excluding hydrogens is 520 g/mol. The van der Waals surface area contributed by atoms with Crippen LogP contribution >= 0.6 is 11.3 Å². The number of carbonyl (C=O) groups excluding carboxylic acids is 1. The van der Waals surface area contributed by atoms with Gasteiger partial charge in [-0.2, -0.15) is 11.3 Å². The van der Waals surface area contributed by atoms with Crippen LogP contribution in [0.25, 0.3) is 10.8 Å². The number of carboxylic acids is 1. The van der Waals surface area contributed by atoms with Crippen molar-refractivity contribution in [1.29, 1.82) is 0 Å². The molecule has 2 aromatic heterocycles. The summed E-state index contributed by atoms with van der Waals surface area (Å²) < 4.78 is 6.21. The molecule has 0 aliphatic heterocycles. The number of rotatable bonds is 9. The largest absolute Gasteiger partial charge is 0.480 e. The Kier molecular flexibility index (Phi) is 8.22. The van der Waals surface area contributed by atoms with E-state index in [-0.39, 0.29) is 17.5 Å². The highest BCUT2D eigenvalue weighted by atomic mass is 32.1. The van der Waals surface area contributed by atoms with E-state index in [1.54, 1.807) is 6.07 Å². The zero-order valence-corrected chi connectivity index (χ0v) is 24.1. The number of nitrogens with one attached hydrogen (secondary N) is 1. The molecule has 2 N–H and O–H groups in total. The molecule has 1 amide bonds. The van der Waals surface area contributed by atoms with E-state index in [4.69, 9.17) is 9.72 Å². The number of ether oxygens (including phenoxy) is 1. The molecule has 0 saturated heterocycles. The molecule has 0 spiro atoms. The third kappa shape index (κ3) is 6.70. The van der Waals surface area contributed by atoms with Gasteiger partial charge in [0.25, 0.3) is 5.91 Å². The van der Waals surface area contributed by atoms with Crippen molar-refractivity contribution in [3.63, 3.8) is 0 Å². The van der Waals surface area contributed by atoms with Crippen LogP contribution in [0, 0.1) is 5.92 Å². The quantitative estimate of drug-likeness (QED) is 0.222. The predicted octanol–water partition coefficient (Wildman–Crippen LogP) is 7.54. The minimum Gasteiger partial charge on any atom is -0.480 e. The molecule has 7 heteroatoms. The van der Waals surface area contributed by atoms with E-state index in [1.807, 2.05) is 47.2 Å². The van der Waals surface area contributed by atoms with Gasteiger partial charge in [-0.3, -0.25) is 4.79 Å². The van der Waals surface area contributed by atoms with E-state index in [1.165, 1.54) is 29.7 Å². The molecule has 0 bridgehead atoms. The van der Waals surface area contributed by atoms with Gasteiger partial charge in [-0.05, 0) is 81.4 Å². The van der Waals surface area contributed by atoms with Crippen LogP contribution in [0.4, 0.5) is 0 Å². The van der Waals surface area contributed by atoms with Crippen molar-refractivity contribution in [2.75, 3.05) is 0 Å². The fourth-order valence-corrected chi connectivity index (χ4v) is 6.04. The van der Waals surface area contributed by atoms with Crippen LogP contribution in [0.15, 0.2) is 65.4 Å². The van der Waals surface area contributed by atoms with Gasteiger partial charge in [0.2, 0.25) is 0 Å². The molecule has 40 heavy (non-hydrogen) atoms. The molecule has 1 aliphatic carbocycles. The van der Waals surface area contributed by atoms with Crippen LogP contribution in [0.1, 0.15) is 73.8 Å². The van der Waals surface area contributed by atoms with Gasteiger partial charge in [-0.25, -0.2) is 9.78 Å².